The molecule has 0 spiro atoms. The number of aryl methyl sites for hydroxylation is 2. The second-order valence-corrected chi connectivity index (χ2v) is 4.59. The average molecular weight is 286 g/mol. The molecule has 0 atom stereocenters. The van der Waals surface area contributed by atoms with E-state index >= 15 is 0 Å². The van der Waals surface area contributed by atoms with Gasteiger partial charge in [0.15, 0.2) is 0 Å². The lowest BCUT2D eigenvalue weighted by molar-refractivity contribution is 0.102. The Balaban J connectivity index is 2.26. The highest BCUT2D eigenvalue weighted by molar-refractivity contribution is 6.04. The molecule has 0 aliphatic rings. The molecule has 2 heterocycles. The number of ether oxygens (including phenoxy) is 1. The molecular weight excluding hydrogens is 268 g/mol. The number of carbonyl (C=O) groups excluding carboxylic acids is 1. The summed E-state index contributed by atoms with van der Waals surface area (Å²) in [4.78, 5) is 24.9. The van der Waals surface area contributed by atoms with Crippen LogP contribution in [0.5, 0.6) is 5.88 Å². The third-order valence-corrected chi connectivity index (χ3v) is 3.15. The minimum Gasteiger partial charge on any atom is -0.477 e. The van der Waals surface area contributed by atoms with Crippen LogP contribution in [0.4, 0.5) is 5.95 Å². The SMILES string of the molecule is CCOc1ncccc1C(=O)Nc1nc(C)c(C)c(C)n1. The van der Waals surface area contributed by atoms with Crippen LogP contribution in [0.15, 0.2) is 18.3 Å². The second kappa shape index (κ2) is 6.30. The molecule has 0 saturated heterocycles. The Morgan fingerprint density at radius 2 is 1.90 bits per heavy atom. The van der Waals surface area contributed by atoms with E-state index in [4.69, 9.17) is 4.74 Å². The number of aromatic nitrogens is 3. The van der Waals surface area contributed by atoms with E-state index in [0.717, 1.165) is 17.0 Å². The summed E-state index contributed by atoms with van der Waals surface area (Å²) in [5.74, 6) is 0.249. The molecule has 1 amide bonds. The van der Waals surface area contributed by atoms with Gasteiger partial charge in [0, 0.05) is 17.6 Å². The Bertz CT molecular complexity index is 647. The number of nitrogens with one attached hydrogen (secondary N) is 1. The molecule has 0 saturated carbocycles. The first-order valence-corrected chi connectivity index (χ1v) is 6.74. The summed E-state index contributed by atoms with van der Waals surface area (Å²) >= 11 is 0. The van der Waals surface area contributed by atoms with Gasteiger partial charge in [-0.05, 0) is 45.4 Å². The van der Waals surface area contributed by atoms with Crippen LogP contribution in [0.3, 0.4) is 0 Å². The fourth-order valence-corrected chi connectivity index (χ4v) is 1.81. The molecule has 0 radical (unpaired) electrons. The van der Waals surface area contributed by atoms with Gasteiger partial charge in [-0.15, -0.1) is 0 Å². The monoisotopic (exact) mass is 286 g/mol. The van der Waals surface area contributed by atoms with E-state index in [0.29, 0.717) is 18.1 Å². The van der Waals surface area contributed by atoms with Crippen LogP contribution in [0.2, 0.25) is 0 Å². The number of rotatable bonds is 4. The Morgan fingerprint density at radius 3 is 2.52 bits per heavy atom. The van der Waals surface area contributed by atoms with Crippen LogP contribution in [0, 0.1) is 20.8 Å². The van der Waals surface area contributed by atoms with E-state index < -0.39 is 0 Å². The maximum atomic E-state index is 12.3. The van der Waals surface area contributed by atoms with Gasteiger partial charge >= 0.3 is 0 Å². The van der Waals surface area contributed by atoms with Crippen LogP contribution < -0.4 is 10.1 Å². The number of nitrogens with zero attached hydrogens (tertiary/aromatic N) is 3. The predicted octanol–water partition coefficient (Wildman–Crippen LogP) is 2.45. The highest BCUT2D eigenvalue weighted by Gasteiger charge is 2.15. The summed E-state index contributed by atoms with van der Waals surface area (Å²) < 4.78 is 5.35. The summed E-state index contributed by atoms with van der Waals surface area (Å²) in [6.45, 7) is 8.00. The molecule has 0 bridgehead atoms. The normalized spacial score (nSPS) is 10.3. The first-order chi connectivity index (χ1) is 10.0. The number of hydrogen-bond donors (Lipinski definition) is 1. The fourth-order valence-electron chi connectivity index (χ4n) is 1.81. The summed E-state index contributed by atoms with van der Waals surface area (Å²) in [5, 5.41) is 2.68. The third kappa shape index (κ3) is 3.34. The quantitative estimate of drug-likeness (QED) is 0.934. The zero-order chi connectivity index (χ0) is 15.4. The fraction of sp³-hybridized carbons (Fsp3) is 0.333. The first-order valence-electron chi connectivity index (χ1n) is 6.74. The summed E-state index contributed by atoms with van der Waals surface area (Å²) in [6.07, 6.45) is 1.58. The van der Waals surface area contributed by atoms with Crippen LogP contribution in [-0.2, 0) is 0 Å². The smallest absolute Gasteiger partial charge is 0.263 e. The van der Waals surface area contributed by atoms with Crippen molar-refractivity contribution < 1.29 is 9.53 Å². The van der Waals surface area contributed by atoms with Crippen molar-refractivity contribution in [3.05, 3.63) is 40.8 Å². The molecule has 2 aromatic heterocycles. The zero-order valence-electron chi connectivity index (χ0n) is 12.6. The molecule has 6 heteroatoms. The molecule has 0 fully saturated rings. The molecule has 110 valence electrons. The van der Waals surface area contributed by atoms with Gasteiger partial charge < -0.3 is 4.74 Å². The van der Waals surface area contributed by atoms with Crippen LogP contribution in [0.25, 0.3) is 0 Å². The molecular formula is C15H18N4O2. The Hall–Kier alpha value is -2.50. The molecule has 0 aromatic carbocycles. The van der Waals surface area contributed by atoms with Gasteiger partial charge in [-0.25, -0.2) is 15.0 Å². The predicted molar refractivity (Wildman–Crippen MR) is 79.6 cm³/mol. The molecule has 21 heavy (non-hydrogen) atoms. The average Bonchev–Trinajstić information content (AvgIpc) is 2.45. The van der Waals surface area contributed by atoms with Crippen LogP contribution >= 0.6 is 0 Å². The molecule has 2 aromatic rings. The molecule has 0 aliphatic carbocycles. The first kappa shape index (κ1) is 14.9. The van der Waals surface area contributed by atoms with Crippen molar-refractivity contribution in [3.63, 3.8) is 0 Å². The molecule has 1 N–H and O–H groups in total. The zero-order valence-corrected chi connectivity index (χ0v) is 12.6. The maximum Gasteiger partial charge on any atom is 0.263 e. The van der Waals surface area contributed by atoms with E-state index in [2.05, 4.69) is 20.3 Å². The van der Waals surface area contributed by atoms with Crippen molar-refractivity contribution in [2.24, 2.45) is 0 Å². The lowest BCUT2D eigenvalue weighted by Crippen LogP contribution is -2.17. The topological polar surface area (TPSA) is 77.0 Å². The van der Waals surface area contributed by atoms with Crippen molar-refractivity contribution in [2.75, 3.05) is 11.9 Å². The van der Waals surface area contributed by atoms with Gasteiger partial charge in [0.05, 0.1) is 6.61 Å². The van der Waals surface area contributed by atoms with E-state index in [1.807, 2.05) is 27.7 Å². The highest BCUT2D eigenvalue weighted by Crippen LogP contribution is 2.17. The molecule has 0 aliphatic heterocycles. The number of amides is 1. The van der Waals surface area contributed by atoms with Crippen molar-refractivity contribution in [2.45, 2.75) is 27.7 Å². The van der Waals surface area contributed by atoms with Crippen molar-refractivity contribution >= 4 is 11.9 Å². The minimum absolute atomic E-state index is 0.284. The van der Waals surface area contributed by atoms with Crippen molar-refractivity contribution in [1.29, 1.82) is 0 Å². The number of hydrogen-bond acceptors (Lipinski definition) is 5. The summed E-state index contributed by atoms with van der Waals surface area (Å²) in [6, 6.07) is 3.34. The van der Waals surface area contributed by atoms with Gasteiger partial charge in [0.1, 0.15) is 5.56 Å². The van der Waals surface area contributed by atoms with Crippen LogP contribution in [0.1, 0.15) is 34.2 Å². The van der Waals surface area contributed by atoms with E-state index in [9.17, 15) is 4.79 Å². The van der Waals surface area contributed by atoms with Crippen molar-refractivity contribution in [1.82, 2.24) is 15.0 Å². The number of pyridine rings is 1. The summed E-state index contributed by atoms with van der Waals surface area (Å²) in [7, 11) is 0. The highest BCUT2D eigenvalue weighted by atomic mass is 16.5. The molecule has 0 unspecified atom stereocenters. The summed E-state index contributed by atoms with van der Waals surface area (Å²) in [5.41, 5.74) is 3.06. The van der Waals surface area contributed by atoms with E-state index in [1.165, 1.54) is 0 Å². The van der Waals surface area contributed by atoms with E-state index in [-0.39, 0.29) is 11.9 Å². The van der Waals surface area contributed by atoms with Gasteiger partial charge in [0.2, 0.25) is 11.8 Å². The maximum absolute atomic E-state index is 12.3. The second-order valence-electron chi connectivity index (χ2n) is 4.59. The van der Waals surface area contributed by atoms with Gasteiger partial charge in [-0.1, -0.05) is 0 Å². The lowest BCUT2D eigenvalue weighted by atomic mass is 10.2. The van der Waals surface area contributed by atoms with Crippen LogP contribution in [-0.4, -0.2) is 27.5 Å². The third-order valence-electron chi connectivity index (χ3n) is 3.15. The lowest BCUT2D eigenvalue weighted by Gasteiger charge is -2.10. The Kier molecular flexibility index (Phi) is 4.47. The largest absolute Gasteiger partial charge is 0.477 e. The minimum atomic E-state index is -0.339. The van der Waals surface area contributed by atoms with E-state index in [1.54, 1.807) is 18.3 Å². The molecule has 2 rings (SSSR count). The van der Waals surface area contributed by atoms with Gasteiger partial charge in [-0.3, -0.25) is 10.1 Å². The Morgan fingerprint density at radius 1 is 1.24 bits per heavy atom. The standard InChI is InChI=1S/C15H18N4O2/c1-5-21-14-12(7-6-8-16-14)13(20)19-15-17-10(3)9(2)11(4)18-15/h6-8H,5H2,1-4H3,(H,17,18,19,20). The van der Waals surface area contributed by atoms with Gasteiger partial charge in [-0.2, -0.15) is 0 Å². The Labute approximate surface area is 123 Å². The number of anilines is 1. The van der Waals surface area contributed by atoms with Crippen molar-refractivity contribution in [3.8, 4) is 5.88 Å². The van der Waals surface area contributed by atoms with Gasteiger partial charge in [0.25, 0.3) is 5.91 Å². The molecule has 6 nitrogen and oxygen atoms in total. The number of carbonyl (C=O) groups is 1.